The van der Waals surface area contributed by atoms with Crippen LogP contribution in [0.1, 0.15) is 23.2 Å². The number of hydrogen-bond donors (Lipinski definition) is 1. The molecule has 0 unspecified atom stereocenters. The van der Waals surface area contributed by atoms with E-state index in [0.29, 0.717) is 10.9 Å². The van der Waals surface area contributed by atoms with Crippen molar-refractivity contribution in [2.45, 2.75) is 18.4 Å². The summed E-state index contributed by atoms with van der Waals surface area (Å²) in [7, 11) is 0. The van der Waals surface area contributed by atoms with Crippen LogP contribution in [0.25, 0.3) is 0 Å². The van der Waals surface area contributed by atoms with Crippen molar-refractivity contribution in [2.24, 2.45) is 0 Å². The van der Waals surface area contributed by atoms with Crippen LogP contribution >= 0.6 is 15.9 Å². The molecule has 0 amide bonds. The Balaban J connectivity index is 3.10. The average molecular weight is 252 g/mol. The normalized spacial score (nSPS) is 10.8. The van der Waals surface area contributed by atoms with Crippen molar-refractivity contribution in [2.75, 3.05) is 0 Å². The second kappa shape index (κ2) is 4.62. The Morgan fingerprint density at radius 2 is 2.23 bits per heavy atom. The maximum absolute atomic E-state index is 12.4. The van der Waals surface area contributed by atoms with Crippen molar-refractivity contribution < 1.29 is 13.9 Å². The minimum atomic E-state index is -2.59. The predicted octanol–water partition coefficient (Wildman–Crippen LogP) is 2.41. The molecule has 0 saturated heterocycles. The first-order chi connectivity index (χ1) is 6.19. The van der Waals surface area contributed by atoms with Gasteiger partial charge in [-0.3, -0.25) is 4.98 Å². The van der Waals surface area contributed by atoms with E-state index in [1.54, 1.807) is 0 Å². The van der Waals surface area contributed by atoms with Gasteiger partial charge in [-0.05, 0) is 11.6 Å². The van der Waals surface area contributed by atoms with Crippen molar-refractivity contribution in [3.63, 3.8) is 0 Å². The van der Waals surface area contributed by atoms with E-state index in [9.17, 15) is 8.78 Å². The summed E-state index contributed by atoms with van der Waals surface area (Å²) in [5, 5.41) is 9.20. The van der Waals surface area contributed by atoms with E-state index < -0.39 is 13.0 Å². The third-order valence-electron chi connectivity index (χ3n) is 1.60. The zero-order valence-electron chi connectivity index (χ0n) is 6.67. The lowest BCUT2D eigenvalue weighted by Gasteiger charge is -2.06. The summed E-state index contributed by atoms with van der Waals surface area (Å²) in [4.78, 5) is 3.73. The lowest BCUT2D eigenvalue weighted by Crippen LogP contribution is -1.99. The van der Waals surface area contributed by atoms with Gasteiger partial charge >= 0.3 is 0 Å². The van der Waals surface area contributed by atoms with Gasteiger partial charge in [-0.2, -0.15) is 0 Å². The third-order valence-corrected chi connectivity index (χ3v) is 2.25. The summed E-state index contributed by atoms with van der Waals surface area (Å²) in [5.74, 6) is 0. The molecule has 0 saturated carbocycles. The molecule has 5 heteroatoms. The van der Waals surface area contributed by atoms with Crippen LogP contribution in [0, 0.1) is 0 Å². The summed E-state index contributed by atoms with van der Waals surface area (Å²) in [5.41, 5.74) is 0.520. The zero-order valence-corrected chi connectivity index (χ0v) is 8.26. The van der Waals surface area contributed by atoms with Gasteiger partial charge in [0.2, 0.25) is 0 Å². The molecular formula is C8H8BrF2NO. The van der Waals surface area contributed by atoms with Crippen LogP contribution in [-0.4, -0.2) is 10.1 Å². The van der Waals surface area contributed by atoms with E-state index in [0.717, 1.165) is 0 Å². The SMILES string of the molecule is OCc1ncc(CBr)cc1C(F)F. The topological polar surface area (TPSA) is 33.1 Å². The van der Waals surface area contributed by atoms with E-state index in [2.05, 4.69) is 20.9 Å². The van der Waals surface area contributed by atoms with Gasteiger partial charge in [-0.25, -0.2) is 8.78 Å². The third kappa shape index (κ3) is 2.45. The van der Waals surface area contributed by atoms with Gasteiger partial charge in [0.1, 0.15) is 0 Å². The van der Waals surface area contributed by atoms with E-state index in [1.165, 1.54) is 12.3 Å². The van der Waals surface area contributed by atoms with Crippen LogP contribution in [0.3, 0.4) is 0 Å². The van der Waals surface area contributed by atoms with E-state index in [4.69, 9.17) is 5.11 Å². The summed E-state index contributed by atoms with van der Waals surface area (Å²) in [6.07, 6.45) is -1.12. The molecule has 72 valence electrons. The molecule has 0 aliphatic heterocycles. The van der Waals surface area contributed by atoms with Crippen LogP contribution in [-0.2, 0) is 11.9 Å². The van der Waals surface area contributed by atoms with Crippen LogP contribution in [0.4, 0.5) is 8.78 Å². The Morgan fingerprint density at radius 3 is 2.69 bits per heavy atom. The van der Waals surface area contributed by atoms with Gasteiger partial charge in [0.15, 0.2) is 0 Å². The van der Waals surface area contributed by atoms with Gasteiger partial charge in [0.05, 0.1) is 12.3 Å². The number of hydrogen-bond acceptors (Lipinski definition) is 2. The number of pyridine rings is 1. The molecule has 1 aromatic heterocycles. The fourth-order valence-corrected chi connectivity index (χ4v) is 1.26. The van der Waals surface area contributed by atoms with Crippen LogP contribution < -0.4 is 0 Å². The summed E-state index contributed by atoms with van der Waals surface area (Å²) < 4.78 is 24.7. The summed E-state index contributed by atoms with van der Waals surface area (Å²) >= 11 is 3.14. The van der Waals surface area contributed by atoms with Crippen molar-refractivity contribution in [3.05, 3.63) is 29.1 Å². The first-order valence-electron chi connectivity index (χ1n) is 3.61. The molecule has 1 N–H and O–H groups in total. The first kappa shape index (κ1) is 10.5. The van der Waals surface area contributed by atoms with E-state index in [-0.39, 0.29) is 11.3 Å². The molecule has 13 heavy (non-hydrogen) atoms. The second-order valence-electron chi connectivity index (χ2n) is 2.47. The minimum Gasteiger partial charge on any atom is -0.390 e. The highest BCUT2D eigenvalue weighted by Crippen LogP contribution is 2.23. The van der Waals surface area contributed by atoms with E-state index >= 15 is 0 Å². The fraction of sp³-hybridized carbons (Fsp3) is 0.375. The first-order valence-corrected chi connectivity index (χ1v) is 4.74. The molecule has 0 atom stereocenters. The highest BCUT2D eigenvalue weighted by Gasteiger charge is 2.13. The van der Waals surface area contributed by atoms with Gasteiger partial charge in [-0.15, -0.1) is 0 Å². The fourth-order valence-electron chi connectivity index (χ4n) is 0.950. The monoisotopic (exact) mass is 251 g/mol. The Hall–Kier alpha value is -0.550. The van der Waals surface area contributed by atoms with Crippen LogP contribution in [0.15, 0.2) is 12.3 Å². The summed E-state index contributed by atoms with van der Waals surface area (Å²) in [6.45, 7) is -0.456. The molecule has 1 aromatic rings. The van der Waals surface area contributed by atoms with Gasteiger partial charge in [0.25, 0.3) is 6.43 Å². The zero-order chi connectivity index (χ0) is 9.84. The number of aliphatic hydroxyl groups excluding tert-OH is 1. The predicted molar refractivity (Wildman–Crippen MR) is 47.7 cm³/mol. The number of rotatable bonds is 3. The summed E-state index contributed by atoms with van der Waals surface area (Å²) in [6, 6.07) is 1.35. The van der Waals surface area contributed by atoms with E-state index in [1.807, 2.05) is 0 Å². The maximum Gasteiger partial charge on any atom is 0.265 e. The maximum atomic E-state index is 12.4. The Bertz CT molecular complexity index is 293. The molecular weight excluding hydrogens is 244 g/mol. The molecule has 1 rings (SSSR count). The number of aliphatic hydroxyl groups is 1. The number of halogens is 3. The molecule has 0 spiro atoms. The highest BCUT2D eigenvalue weighted by molar-refractivity contribution is 9.08. The van der Waals surface area contributed by atoms with Gasteiger partial charge in [0, 0.05) is 17.1 Å². The van der Waals surface area contributed by atoms with Crippen LogP contribution in [0.5, 0.6) is 0 Å². The standard InChI is InChI=1S/C8H8BrF2NO/c9-2-5-1-6(8(10)11)7(4-13)12-3-5/h1,3,8,13H,2,4H2. The largest absolute Gasteiger partial charge is 0.390 e. The lowest BCUT2D eigenvalue weighted by atomic mass is 10.1. The van der Waals surface area contributed by atoms with Crippen molar-refractivity contribution in [1.82, 2.24) is 4.98 Å². The minimum absolute atomic E-state index is 0.0414. The molecule has 1 heterocycles. The smallest absolute Gasteiger partial charge is 0.265 e. The molecule has 0 bridgehead atoms. The Labute approximate surface area is 82.7 Å². The molecule has 2 nitrogen and oxygen atoms in total. The Morgan fingerprint density at radius 1 is 1.54 bits per heavy atom. The lowest BCUT2D eigenvalue weighted by molar-refractivity contribution is 0.146. The molecule has 0 fully saturated rings. The molecule has 0 aromatic carbocycles. The number of aromatic nitrogens is 1. The second-order valence-corrected chi connectivity index (χ2v) is 3.03. The number of nitrogens with zero attached hydrogens (tertiary/aromatic N) is 1. The van der Waals surface area contributed by atoms with Crippen molar-refractivity contribution in [3.8, 4) is 0 Å². The number of alkyl halides is 3. The quantitative estimate of drug-likeness (QED) is 0.838. The molecule has 0 aliphatic rings. The van der Waals surface area contributed by atoms with Gasteiger partial charge < -0.3 is 5.11 Å². The van der Waals surface area contributed by atoms with Crippen molar-refractivity contribution in [1.29, 1.82) is 0 Å². The van der Waals surface area contributed by atoms with Gasteiger partial charge in [-0.1, -0.05) is 15.9 Å². The highest BCUT2D eigenvalue weighted by atomic mass is 79.9. The van der Waals surface area contributed by atoms with Crippen LogP contribution in [0.2, 0.25) is 0 Å². The Kier molecular flexibility index (Phi) is 3.74. The molecule has 0 aliphatic carbocycles. The molecule has 0 radical (unpaired) electrons. The van der Waals surface area contributed by atoms with Crippen molar-refractivity contribution >= 4 is 15.9 Å². The average Bonchev–Trinajstić information content (AvgIpc) is 2.16.